The molecule has 11 rings (SSSR count). The monoisotopic (exact) mass is 653 g/mol. The van der Waals surface area contributed by atoms with Crippen LogP contribution in [0.5, 0.6) is 0 Å². The molecule has 0 unspecified atom stereocenters. The van der Waals surface area contributed by atoms with Gasteiger partial charge in [-0.05, 0) is 54.6 Å². The molecule has 11 aromatic rings. The molecule has 0 aliphatic rings. The van der Waals surface area contributed by atoms with Gasteiger partial charge >= 0.3 is 0 Å². The zero-order valence-electron chi connectivity index (χ0n) is 27.2. The number of aromatic nitrogens is 5. The fourth-order valence-electron chi connectivity index (χ4n) is 7.68. The molecule has 6 nitrogen and oxygen atoms in total. The number of rotatable bonds is 4. The van der Waals surface area contributed by atoms with E-state index in [9.17, 15) is 0 Å². The smallest absolute Gasteiger partial charge is 0.238 e. The Kier molecular flexibility index (Phi) is 5.86. The summed E-state index contributed by atoms with van der Waals surface area (Å²) in [6, 6.07) is 56.7. The van der Waals surface area contributed by atoms with Crippen LogP contribution in [0.25, 0.3) is 100.0 Å². The normalized spacial score (nSPS) is 11.9. The molecule has 0 N–H and O–H groups in total. The van der Waals surface area contributed by atoms with E-state index in [0.717, 1.165) is 77.0 Å². The van der Waals surface area contributed by atoms with Gasteiger partial charge in [0.15, 0.2) is 11.6 Å². The van der Waals surface area contributed by atoms with E-state index in [0.29, 0.717) is 17.6 Å². The van der Waals surface area contributed by atoms with Gasteiger partial charge in [0.25, 0.3) is 0 Å². The quantitative estimate of drug-likeness (QED) is 0.190. The van der Waals surface area contributed by atoms with Gasteiger partial charge in [0, 0.05) is 55.2 Å². The molecule has 0 amide bonds. The number of furan rings is 1. The van der Waals surface area contributed by atoms with Crippen LogP contribution in [-0.4, -0.2) is 24.1 Å². The maximum atomic E-state index is 6.37. The van der Waals surface area contributed by atoms with Gasteiger partial charge in [0.05, 0.1) is 22.1 Å². The number of benzene rings is 7. The van der Waals surface area contributed by atoms with Crippen LogP contribution in [0.15, 0.2) is 168 Å². The van der Waals surface area contributed by atoms with Crippen LogP contribution in [0.1, 0.15) is 0 Å². The highest BCUT2D eigenvalue weighted by molar-refractivity contribution is 6.17. The number of hydrogen-bond donors (Lipinski definition) is 0. The van der Waals surface area contributed by atoms with Gasteiger partial charge in [-0.15, -0.1) is 0 Å². The maximum Gasteiger partial charge on any atom is 0.238 e. The summed E-state index contributed by atoms with van der Waals surface area (Å²) in [6.07, 6.45) is 0. The van der Waals surface area contributed by atoms with Gasteiger partial charge in [0.1, 0.15) is 11.2 Å². The van der Waals surface area contributed by atoms with Gasteiger partial charge in [-0.25, -0.2) is 4.98 Å². The van der Waals surface area contributed by atoms with Crippen LogP contribution < -0.4 is 0 Å². The predicted octanol–water partition coefficient (Wildman–Crippen LogP) is 11.3. The minimum atomic E-state index is 0.548. The Morgan fingerprint density at radius 1 is 0.353 bits per heavy atom. The Morgan fingerprint density at radius 2 is 0.941 bits per heavy atom. The van der Waals surface area contributed by atoms with E-state index in [4.69, 9.17) is 19.4 Å². The molecule has 0 saturated heterocycles. The van der Waals surface area contributed by atoms with Crippen LogP contribution in [0, 0.1) is 0 Å². The van der Waals surface area contributed by atoms with Crippen molar-refractivity contribution in [1.82, 2.24) is 24.1 Å². The Morgan fingerprint density at radius 3 is 1.71 bits per heavy atom. The second-order valence-electron chi connectivity index (χ2n) is 12.9. The number of fused-ring (bicyclic) bond motifs is 9. The lowest BCUT2D eigenvalue weighted by atomic mass is 10.1. The Bertz CT molecular complexity index is 3140. The lowest BCUT2D eigenvalue weighted by Crippen LogP contribution is -2.06. The summed E-state index contributed by atoms with van der Waals surface area (Å²) in [6.45, 7) is 0. The van der Waals surface area contributed by atoms with Crippen molar-refractivity contribution in [3.05, 3.63) is 164 Å². The van der Waals surface area contributed by atoms with Gasteiger partial charge in [0.2, 0.25) is 5.95 Å². The van der Waals surface area contributed by atoms with E-state index in [2.05, 4.69) is 130 Å². The Labute approximate surface area is 291 Å². The summed E-state index contributed by atoms with van der Waals surface area (Å²) in [7, 11) is 0. The Hall–Kier alpha value is -7.05. The van der Waals surface area contributed by atoms with Crippen molar-refractivity contribution in [2.24, 2.45) is 0 Å². The number of hydrogen-bond acceptors (Lipinski definition) is 4. The Balaban J connectivity index is 1.19. The molecule has 0 saturated carbocycles. The van der Waals surface area contributed by atoms with Gasteiger partial charge in [-0.2, -0.15) is 9.97 Å². The first-order valence-electron chi connectivity index (χ1n) is 17.0. The zero-order chi connectivity index (χ0) is 33.5. The molecular weight excluding hydrogens is 627 g/mol. The van der Waals surface area contributed by atoms with E-state index in [1.165, 1.54) is 5.39 Å². The SMILES string of the molecule is c1ccc(-c2nc(-c3ccc4c(c3)c3ccccc3n4-c3ccccc3)nc(-n3c4ccccc4c4cc5c(cc43)oc3ccccc35)n2)cc1. The van der Waals surface area contributed by atoms with E-state index in [-0.39, 0.29) is 0 Å². The van der Waals surface area contributed by atoms with Gasteiger partial charge < -0.3 is 8.98 Å². The van der Waals surface area contributed by atoms with Crippen molar-refractivity contribution in [3.63, 3.8) is 0 Å². The summed E-state index contributed by atoms with van der Waals surface area (Å²) in [5.41, 5.74) is 8.92. The van der Waals surface area contributed by atoms with Crippen molar-refractivity contribution >= 4 is 65.6 Å². The lowest BCUT2D eigenvalue weighted by Gasteiger charge is -2.11. The molecule has 0 bridgehead atoms. The standard InChI is InChI=1S/C45H27N5O/c1-3-13-28(14-4-1)43-46-44(29-23-24-39-34(25-29)31-17-7-10-20-37(31)49(39)30-15-5-2-6-16-30)48-45(47-43)50-38-21-11-8-18-32(38)35-26-36-33-19-9-12-22-41(33)51-42(36)27-40(35)50/h1-27H. The highest BCUT2D eigenvalue weighted by Gasteiger charge is 2.21. The lowest BCUT2D eigenvalue weighted by molar-refractivity contribution is 0.669. The molecule has 51 heavy (non-hydrogen) atoms. The molecule has 0 aliphatic heterocycles. The highest BCUT2D eigenvalue weighted by Crippen LogP contribution is 2.39. The third kappa shape index (κ3) is 4.20. The first-order valence-corrected chi connectivity index (χ1v) is 17.0. The molecule has 6 heteroatoms. The molecule has 0 atom stereocenters. The molecule has 0 spiro atoms. The largest absolute Gasteiger partial charge is 0.456 e. The van der Waals surface area contributed by atoms with Crippen molar-refractivity contribution in [2.45, 2.75) is 0 Å². The van der Waals surface area contributed by atoms with E-state index in [1.807, 2.05) is 42.5 Å². The summed E-state index contributed by atoms with van der Waals surface area (Å²) >= 11 is 0. The van der Waals surface area contributed by atoms with Crippen molar-refractivity contribution in [2.75, 3.05) is 0 Å². The summed E-state index contributed by atoms with van der Waals surface area (Å²) in [4.78, 5) is 15.5. The zero-order valence-corrected chi connectivity index (χ0v) is 27.2. The molecule has 0 radical (unpaired) electrons. The average Bonchev–Trinajstić information content (AvgIpc) is 3.84. The van der Waals surface area contributed by atoms with Gasteiger partial charge in [-0.1, -0.05) is 103 Å². The maximum absolute atomic E-state index is 6.37. The van der Waals surface area contributed by atoms with Crippen molar-refractivity contribution in [1.29, 1.82) is 0 Å². The van der Waals surface area contributed by atoms with Crippen LogP contribution in [0.2, 0.25) is 0 Å². The van der Waals surface area contributed by atoms with Gasteiger partial charge in [-0.3, -0.25) is 4.57 Å². The van der Waals surface area contributed by atoms with E-state index >= 15 is 0 Å². The third-order valence-electron chi connectivity index (χ3n) is 9.97. The number of para-hydroxylation sites is 4. The molecule has 7 aromatic carbocycles. The fraction of sp³-hybridized carbons (Fsp3) is 0. The first kappa shape index (κ1) is 27.9. The number of nitrogens with zero attached hydrogens (tertiary/aromatic N) is 5. The molecule has 238 valence electrons. The topological polar surface area (TPSA) is 61.7 Å². The minimum Gasteiger partial charge on any atom is -0.456 e. The van der Waals surface area contributed by atoms with E-state index in [1.54, 1.807) is 0 Å². The predicted molar refractivity (Wildman–Crippen MR) is 207 cm³/mol. The van der Waals surface area contributed by atoms with Crippen LogP contribution in [0.3, 0.4) is 0 Å². The summed E-state index contributed by atoms with van der Waals surface area (Å²) < 4.78 is 10.8. The third-order valence-corrected chi connectivity index (χ3v) is 9.97. The summed E-state index contributed by atoms with van der Waals surface area (Å²) in [5.74, 6) is 1.76. The molecular formula is C45H27N5O. The highest BCUT2D eigenvalue weighted by atomic mass is 16.3. The van der Waals surface area contributed by atoms with Crippen molar-refractivity contribution < 1.29 is 4.42 Å². The second-order valence-corrected chi connectivity index (χ2v) is 12.9. The fourth-order valence-corrected chi connectivity index (χ4v) is 7.68. The second kappa shape index (κ2) is 10.7. The summed E-state index contributed by atoms with van der Waals surface area (Å²) in [5, 5.41) is 6.74. The minimum absolute atomic E-state index is 0.548. The van der Waals surface area contributed by atoms with Crippen LogP contribution >= 0.6 is 0 Å². The van der Waals surface area contributed by atoms with Crippen LogP contribution in [0.4, 0.5) is 0 Å². The molecule has 4 aromatic heterocycles. The first-order chi connectivity index (χ1) is 25.3. The van der Waals surface area contributed by atoms with Crippen LogP contribution in [-0.2, 0) is 0 Å². The molecule has 0 fully saturated rings. The molecule has 0 aliphatic carbocycles. The average molecular weight is 654 g/mol. The van der Waals surface area contributed by atoms with E-state index < -0.39 is 0 Å². The molecule has 4 heterocycles. The van der Waals surface area contributed by atoms with Crippen molar-refractivity contribution in [3.8, 4) is 34.4 Å².